The van der Waals surface area contributed by atoms with Gasteiger partial charge in [0, 0.05) is 5.69 Å². The zero-order valence-electron chi connectivity index (χ0n) is 7.20. The predicted octanol–water partition coefficient (Wildman–Crippen LogP) is 1.84. The van der Waals surface area contributed by atoms with Gasteiger partial charge in [-0.05, 0) is 37.1 Å². The van der Waals surface area contributed by atoms with Crippen LogP contribution >= 0.6 is 0 Å². The first-order chi connectivity index (χ1) is 5.65. The Morgan fingerprint density at radius 1 is 1.17 bits per heavy atom. The molecule has 0 saturated heterocycles. The predicted molar refractivity (Wildman–Crippen MR) is 49.0 cm³/mol. The molecular formula is C8H12N4. The normalized spacial score (nSPS) is 10.8. The van der Waals surface area contributed by atoms with Crippen molar-refractivity contribution in [1.82, 2.24) is 0 Å². The number of nitrogens with zero attached hydrogens (tertiary/aromatic N) is 2. The molecule has 4 nitrogen and oxygen atoms in total. The van der Waals surface area contributed by atoms with Crippen LogP contribution in [0.4, 0.5) is 11.4 Å². The van der Waals surface area contributed by atoms with E-state index in [0.717, 1.165) is 22.5 Å². The van der Waals surface area contributed by atoms with Gasteiger partial charge in [-0.3, -0.25) is 0 Å². The number of hydrogen-bond acceptors (Lipinski definition) is 3. The van der Waals surface area contributed by atoms with Crippen molar-refractivity contribution in [2.24, 2.45) is 16.2 Å². The second kappa shape index (κ2) is 3.21. The first kappa shape index (κ1) is 8.52. The molecule has 0 heterocycles. The largest absolute Gasteiger partial charge is 0.399 e. The van der Waals surface area contributed by atoms with E-state index in [1.54, 1.807) is 0 Å². The zero-order valence-corrected chi connectivity index (χ0v) is 7.20. The molecule has 64 valence electrons. The Kier molecular flexibility index (Phi) is 2.28. The Balaban J connectivity index is 3.23. The standard InChI is InChI=1S/C8H12N4/c1-5-4-8(11-12-10)6(2)3-7(5)9/h3-4H,9H2,1-2H3,(H2,10,11). The molecule has 0 fully saturated rings. The van der Waals surface area contributed by atoms with E-state index >= 15 is 0 Å². The van der Waals surface area contributed by atoms with Gasteiger partial charge in [0.1, 0.15) is 0 Å². The van der Waals surface area contributed by atoms with Crippen LogP contribution in [0.5, 0.6) is 0 Å². The second-order valence-electron chi connectivity index (χ2n) is 2.71. The van der Waals surface area contributed by atoms with Crippen molar-refractivity contribution in [3.05, 3.63) is 23.3 Å². The molecule has 0 radical (unpaired) electrons. The van der Waals surface area contributed by atoms with Crippen molar-refractivity contribution in [1.29, 1.82) is 0 Å². The van der Waals surface area contributed by atoms with Gasteiger partial charge in [0.15, 0.2) is 0 Å². The monoisotopic (exact) mass is 164 g/mol. The third kappa shape index (κ3) is 1.53. The molecular weight excluding hydrogens is 152 g/mol. The van der Waals surface area contributed by atoms with Gasteiger partial charge in [0.05, 0.1) is 5.69 Å². The van der Waals surface area contributed by atoms with Crippen molar-refractivity contribution in [3.8, 4) is 0 Å². The molecule has 0 aliphatic carbocycles. The number of benzene rings is 1. The van der Waals surface area contributed by atoms with Gasteiger partial charge in [-0.1, -0.05) is 5.22 Å². The van der Waals surface area contributed by atoms with Crippen LogP contribution in [0.1, 0.15) is 11.1 Å². The number of aryl methyl sites for hydroxylation is 2. The van der Waals surface area contributed by atoms with Crippen LogP contribution in [0.3, 0.4) is 0 Å². The van der Waals surface area contributed by atoms with E-state index in [-0.39, 0.29) is 0 Å². The highest BCUT2D eigenvalue weighted by Crippen LogP contribution is 2.24. The summed E-state index contributed by atoms with van der Waals surface area (Å²) in [6.07, 6.45) is 0. The molecule has 1 rings (SSSR count). The number of rotatable bonds is 1. The minimum atomic E-state index is 0.767. The number of nitrogens with two attached hydrogens (primary N) is 2. The molecule has 0 saturated carbocycles. The van der Waals surface area contributed by atoms with E-state index in [2.05, 4.69) is 10.3 Å². The molecule has 0 aliphatic rings. The quantitative estimate of drug-likeness (QED) is 0.287. The first-order valence-corrected chi connectivity index (χ1v) is 3.63. The third-order valence-corrected chi connectivity index (χ3v) is 1.75. The number of nitrogen functional groups attached to an aromatic ring is 1. The van der Waals surface area contributed by atoms with Crippen molar-refractivity contribution < 1.29 is 0 Å². The molecule has 0 bridgehead atoms. The van der Waals surface area contributed by atoms with Gasteiger partial charge < -0.3 is 11.6 Å². The minimum Gasteiger partial charge on any atom is -0.399 e. The zero-order chi connectivity index (χ0) is 9.14. The SMILES string of the molecule is Cc1cc(N=NN)c(C)cc1N. The van der Waals surface area contributed by atoms with Crippen LogP contribution < -0.4 is 11.6 Å². The summed E-state index contributed by atoms with van der Waals surface area (Å²) in [6.45, 7) is 3.84. The lowest BCUT2D eigenvalue weighted by molar-refractivity contribution is 1.05. The molecule has 12 heavy (non-hydrogen) atoms. The number of hydrogen-bond donors (Lipinski definition) is 2. The lowest BCUT2D eigenvalue weighted by Crippen LogP contribution is -1.90. The van der Waals surface area contributed by atoms with Crippen molar-refractivity contribution >= 4 is 11.4 Å². The highest BCUT2D eigenvalue weighted by Gasteiger charge is 2.00. The van der Waals surface area contributed by atoms with Crippen LogP contribution in [-0.4, -0.2) is 0 Å². The Morgan fingerprint density at radius 2 is 1.83 bits per heavy atom. The van der Waals surface area contributed by atoms with Crippen LogP contribution in [0.2, 0.25) is 0 Å². The van der Waals surface area contributed by atoms with Crippen molar-refractivity contribution in [2.75, 3.05) is 5.73 Å². The number of anilines is 1. The van der Waals surface area contributed by atoms with Crippen molar-refractivity contribution in [2.45, 2.75) is 13.8 Å². The minimum absolute atomic E-state index is 0.767. The van der Waals surface area contributed by atoms with Gasteiger partial charge in [-0.2, -0.15) is 0 Å². The Labute approximate surface area is 71.3 Å². The van der Waals surface area contributed by atoms with Gasteiger partial charge >= 0.3 is 0 Å². The maximum absolute atomic E-state index is 5.68. The molecule has 0 unspecified atom stereocenters. The molecule has 0 aliphatic heterocycles. The Morgan fingerprint density at radius 3 is 2.42 bits per heavy atom. The summed E-state index contributed by atoms with van der Waals surface area (Å²) < 4.78 is 0. The second-order valence-corrected chi connectivity index (χ2v) is 2.71. The molecule has 1 aromatic carbocycles. The average Bonchev–Trinajstić information content (AvgIpc) is 2.01. The summed E-state index contributed by atoms with van der Waals surface area (Å²) in [5.74, 6) is 4.94. The molecule has 4 N–H and O–H groups in total. The van der Waals surface area contributed by atoms with E-state index in [1.165, 1.54) is 0 Å². The maximum atomic E-state index is 5.68. The summed E-state index contributed by atoms with van der Waals surface area (Å²) in [7, 11) is 0. The summed E-state index contributed by atoms with van der Waals surface area (Å²) in [6, 6.07) is 3.72. The fourth-order valence-corrected chi connectivity index (χ4v) is 0.993. The molecule has 0 atom stereocenters. The maximum Gasteiger partial charge on any atom is 0.0907 e. The van der Waals surface area contributed by atoms with E-state index in [1.807, 2.05) is 26.0 Å². The molecule has 1 aromatic rings. The van der Waals surface area contributed by atoms with E-state index in [4.69, 9.17) is 11.6 Å². The molecule has 0 aromatic heterocycles. The van der Waals surface area contributed by atoms with E-state index in [9.17, 15) is 0 Å². The third-order valence-electron chi connectivity index (χ3n) is 1.75. The van der Waals surface area contributed by atoms with Crippen LogP contribution in [0.15, 0.2) is 22.5 Å². The summed E-state index contributed by atoms with van der Waals surface area (Å²) in [5, 5.41) is 6.98. The van der Waals surface area contributed by atoms with Gasteiger partial charge in [-0.15, -0.1) is 5.11 Å². The van der Waals surface area contributed by atoms with E-state index < -0.39 is 0 Å². The van der Waals surface area contributed by atoms with E-state index in [0.29, 0.717) is 0 Å². The molecule has 4 heteroatoms. The topological polar surface area (TPSA) is 76.8 Å². The average molecular weight is 164 g/mol. The van der Waals surface area contributed by atoms with Crippen LogP contribution in [-0.2, 0) is 0 Å². The summed E-state index contributed by atoms with van der Waals surface area (Å²) >= 11 is 0. The Bertz CT molecular complexity index is 317. The van der Waals surface area contributed by atoms with Crippen LogP contribution in [0, 0.1) is 13.8 Å². The summed E-state index contributed by atoms with van der Waals surface area (Å²) in [4.78, 5) is 0. The highest BCUT2D eigenvalue weighted by atomic mass is 15.3. The smallest absolute Gasteiger partial charge is 0.0907 e. The molecule has 0 spiro atoms. The van der Waals surface area contributed by atoms with Crippen molar-refractivity contribution in [3.63, 3.8) is 0 Å². The highest BCUT2D eigenvalue weighted by molar-refractivity contribution is 5.58. The van der Waals surface area contributed by atoms with Gasteiger partial charge in [-0.25, -0.2) is 0 Å². The first-order valence-electron chi connectivity index (χ1n) is 3.63. The molecule has 0 amide bonds. The van der Waals surface area contributed by atoms with Crippen LogP contribution in [0.25, 0.3) is 0 Å². The Hall–Kier alpha value is -1.58. The summed E-state index contributed by atoms with van der Waals surface area (Å²) in [5.41, 5.74) is 9.18. The fraction of sp³-hybridized carbons (Fsp3) is 0.250. The lowest BCUT2D eigenvalue weighted by atomic mass is 10.1. The lowest BCUT2D eigenvalue weighted by Gasteiger charge is -2.03. The fourth-order valence-electron chi connectivity index (χ4n) is 0.993. The van der Waals surface area contributed by atoms with Gasteiger partial charge in [0.2, 0.25) is 0 Å². The van der Waals surface area contributed by atoms with Gasteiger partial charge in [0.25, 0.3) is 0 Å².